The zero-order chi connectivity index (χ0) is 21.3. The molecule has 1 fully saturated rings. The van der Waals surface area contributed by atoms with Crippen molar-refractivity contribution in [1.29, 1.82) is 0 Å². The van der Waals surface area contributed by atoms with Gasteiger partial charge in [-0.05, 0) is 43.6 Å². The van der Waals surface area contributed by atoms with E-state index in [1.165, 1.54) is 16.7 Å². The summed E-state index contributed by atoms with van der Waals surface area (Å²) in [4.78, 5) is 49.5. The highest BCUT2D eigenvalue weighted by Crippen LogP contribution is 2.17. The highest BCUT2D eigenvalue weighted by atomic mass is 32.2. The summed E-state index contributed by atoms with van der Waals surface area (Å²) in [7, 11) is 0. The molecule has 1 saturated heterocycles. The maximum Gasteiger partial charge on any atom is 0.326 e. The third kappa shape index (κ3) is 7.67. The average molecular weight is 417 g/mol. The molecule has 0 aromatic heterocycles. The third-order valence-electron chi connectivity index (χ3n) is 4.58. The SMILES string of the molecule is CSCCC(NC(=O)C(N)CC(C)C)C(=O)NCC(=O)N1CCCC1C(=O)O. The number of likely N-dealkylation sites (tertiary alicyclic amines) is 1. The summed E-state index contributed by atoms with van der Waals surface area (Å²) in [6, 6.07) is -2.34. The highest BCUT2D eigenvalue weighted by Gasteiger charge is 2.34. The quantitative estimate of drug-likeness (QED) is 0.365. The predicted octanol–water partition coefficient (Wildman–Crippen LogP) is -0.210. The van der Waals surface area contributed by atoms with E-state index in [-0.39, 0.29) is 12.5 Å². The Morgan fingerprint density at radius 1 is 1.25 bits per heavy atom. The molecule has 5 N–H and O–H groups in total. The second-order valence-electron chi connectivity index (χ2n) is 7.38. The Balaban J connectivity index is 2.62. The molecule has 10 heteroatoms. The Hall–Kier alpha value is -1.81. The van der Waals surface area contributed by atoms with Gasteiger partial charge in [0.1, 0.15) is 12.1 Å². The summed E-state index contributed by atoms with van der Waals surface area (Å²) in [5.74, 6) is -1.45. The smallest absolute Gasteiger partial charge is 0.326 e. The molecule has 3 amide bonds. The van der Waals surface area contributed by atoms with Crippen LogP contribution in [0.1, 0.15) is 39.5 Å². The van der Waals surface area contributed by atoms with E-state index in [4.69, 9.17) is 10.8 Å². The van der Waals surface area contributed by atoms with Crippen molar-refractivity contribution in [2.24, 2.45) is 11.7 Å². The molecule has 1 rings (SSSR count). The fourth-order valence-electron chi connectivity index (χ4n) is 3.11. The molecule has 0 bridgehead atoms. The molecule has 0 aromatic carbocycles. The van der Waals surface area contributed by atoms with Crippen molar-refractivity contribution >= 4 is 35.5 Å². The molecule has 1 aliphatic rings. The molecule has 1 heterocycles. The average Bonchev–Trinajstić information content (AvgIpc) is 3.12. The Morgan fingerprint density at radius 3 is 2.50 bits per heavy atom. The van der Waals surface area contributed by atoms with Crippen LogP contribution in [0.4, 0.5) is 0 Å². The monoisotopic (exact) mass is 416 g/mol. The fraction of sp³-hybridized carbons (Fsp3) is 0.778. The van der Waals surface area contributed by atoms with Gasteiger partial charge in [-0.2, -0.15) is 11.8 Å². The molecule has 0 radical (unpaired) electrons. The van der Waals surface area contributed by atoms with Crippen molar-refractivity contribution in [3.8, 4) is 0 Å². The van der Waals surface area contributed by atoms with E-state index in [1.807, 2.05) is 20.1 Å². The van der Waals surface area contributed by atoms with Gasteiger partial charge < -0.3 is 26.4 Å². The Labute approximate surface area is 170 Å². The number of hydrogen-bond donors (Lipinski definition) is 4. The number of nitrogens with one attached hydrogen (secondary N) is 2. The minimum absolute atomic E-state index is 0.250. The number of carboxylic acids is 1. The van der Waals surface area contributed by atoms with Gasteiger partial charge in [-0.3, -0.25) is 14.4 Å². The van der Waals surface area contributed by atoms with E-state index in [0.717, 1.165) is 0 Å². The summed E-state index contributed by atoms with van der Waals surface area (Å²) < 4.78 is 0. The Kier molecular flexibility index (Phi) is 10.3. The molecule has 9 nitrogen and oxygen atoms in total. The molecule has 160 valence electrons. The number of hydrogen-bond acceptors (Lipinski definition) is 6. The van der Waals surface area contributed by atoms with Crippen LogP contribution in [0.15, 0.2) is 0 Å². The standard InChI is InChI=1S/C18H32N4O5S/c1-11(2)9-12(19)16(24)21-13(6-8-28-3)17(25)20-10-15(23)22-7-4-5-14(22)18(26)27/h11-14H,4-10,19H2,1-3H3,(H,20,25)(H,21,24)(H,26,27). The number of rotatable bonds is 11. The van der Waals surface area contributed by atoms with Gasteiger partial charge >= 0.3 is 5.97 Å². The summed E-state index contributed by atoms with van der Waals surface area (Å²) in [6.45, 7) is 3.98. The van der Waals surface area contributed by atoms with Gasteiger partial charge in [0.2, 0.25) is 17.7 Å². The second kappa shape index (κ2) is 11.9. The lowest BCUT2D eigenvalue weighted by Gasteiger charge is -2.23. The summed E-state index contributed by atoms with van der Waals surface area (Å²) >= 11 is 1.54. The van der Waals surface area contributed by atoms with E-state index in [0.29, 0.717) is 38.0 Å². The van der Waals surface area contributed by atoms with E-state index >= 15 is 0 Å². The first-order chi connectivity index (χ1) is 13.2. The number of carbonyl (C=O) groups is 4. The molecule has 1 aliphatic heterocycles. The molecule has 28 heavy (non-hydrogen) atoms. The van der Waals surface area contributed by atoms with Crippen LogP contribution >= 0.6 is 11.8 Å². The fourth-order valence-corrected chi connectivity index (χ4v) is 3.58. The van der Waals surface area contributed by atoms with Crippen molar-refractivity contribution in [3.05, 3.63) is 0 Å². The van der Waals surface area contributed by atoms with Gasteiger partial charge in [0.05, 0.1) is 12.6 Å². The number of thioether (sulfide) groups is 1. The van der Waals surface area contributed by atoms with Crippen LogP contribution in [0, 0.1) is 5.92 Å². The van der Waals surface area contributed by atoms with Crippen LogP contribution < -0.4 is 16.4 Å². The van der Waals surface area contributed by atoms with E-state index < -0.39 is 41.8 Å². The van der Waals surface area contributed by atoms with Crippen molar-refractivity contribution in [2.45, 2.75) is 57.7 Å². The Bertz CT molecular complexity index is 572. The van der Waals surface area contributed by atoms with Crippen molar-refractivity contribution in [2.75, 3.05) is 25.1 Å². The van der Waals surface area contributed by atoms with E-state index in [2.05, 4.69) is 10.6 Å². The molecular formula is C18H32N4O5S. The predicted molar refractivity (Wildman–Crippen MR) is 108 cm³/mol. The maximum atomic E-state index is 12.5. The van der Waals surface area contributed by atoms with Crippen LogP contribution in [0.3, 0.4) is 0 Å². The van der Waals surface area contributed by atoms with Gasteiger partial charge in [-0.1, -0.05) is 13.8 Å². The molecule has 0 aliphatic carbocycles. The van der Waals surface area contributed by atoms with Crippen LogP contribution in [-0.4, -0.2) is 76.9 Å². The largest absolute Gasteiger partial charge is 0.480 e. The van der Waals surface area contributed by atoms with Gasteiger partial charge in [0, 0.05) is 6.54 Å². The summed E-state index contributed by atoms with van der Waals surface area (Å²) in [5.41, 5.74) is 5.88. The third-order valence-corrected chi connectivity index (χ3v) is 5.22. The molecule has 0 spiro atoms. The lowest BCUT2D eigenvalue weighted by Crippen LogP contribution is -2.53. The maximum absolute atomic E-state index is 12.5. The topological polar surface area (TPSA) is 142 Å². The van der Waals surface area contributed by atoms with Crippen LogP contribution in [0.5, 0.6) is 0 Å². The highest BCUT2D eigenvalue weighted by molar-refractivity contribution is 7.98. The molecule has 3 atom stereocenters. The number of nitrogens with two attached hydrogens (primary N) is 1. The molecule has 0 saturated carbocycles. The van der Waals surface area contributed by atoms with Crippen LogP contribution in [0.2, 0.25) is 0 Å². The molecule has 0 aromatic rings. The molecular weight excluding hydrogens is 384 g/mol. The van der Waals surface area contributed by atoms with Crippen molar-refractivity contribution in [3.63, 3.8) is 0 Å². The zero-order valence-corrected chi connectivity index (χ0v) is 17.6. The normalized spacial score (nSPS) is 18.6. The minimum atomic E-state index is -1.04. The lowest BCUT2D eigenvalue weighted by molar-refractivity contribution is -0.148. The first kappa shape index (κ1) is 24.2. The van der Waals surface area contributed by atoms with Gasteiger partial charge in [0.15, 0.2) is 0 Å². The van der Waals surface area contributed by atoms with E-state index in [1.54, 1.807) is 0 Å². The zero-order valence-electron chi connectivity index (χ0n) is 16.8. The number of aliphatic carboxylic acids is 1. The number of carbonyl (C=O) groups excluding carboxylic acids is 3. The molecule has 3 unspecified atom stereocenters. The number of carboxylic acid groups (broad SMARTS) is 1. The van der Waals surface area contributed by atoms with E-state index in [9.17, 15) is 19.2 Å². The van der Waals surface area contributed by atoms with Crippen LogP contribution in [0.25, 0.3) is 0 Å². The summed E-state index contributed by atoms with van der Waals surface area (Å²) in [6.07, 6.45) is 3.84. The first-order valence-corrected chi connectivity index (χ1v) is 10.9. The van der Waals surface area contributed by atoms with Gasteiger partial charge in [-0.15, -0.1) is 0 Å². The lowest BCUT2D eigenvalue weighted by atomic mass is 10.0. The first-order valence-electron chi connectivity index (χ1n) is 9.52. The van der Waals surface area contributed by atoms with Gasteiger partial charge in [-0.25, -0.2) is 4.79 Å². The number of nitrogens with zero attached hydrogens (tertiary/aromatic N) is 1. The Morgan fingerprint density at radius 2 is 1.93 bits per heavy atom. The number of amides is 3. The van der Waals surface area contributed by atoms with Crippen molar-refractivity contribution < 1.29 is 24.3 Å². The van der Waals surface area contributed by atoms with Crippen molar-refractivity contribution in [1.82, 2.24) is 15.5 Å². The minimum Gasteiger partial charge on any atom is -0.480 e. The summed E-state index contributed by atoms with van der Waals surface area (Å²) in [5, 5.41) is 14.4. The van der Waals surface area contributed by atoms with Gasteiger partial charge in [0.25, 0.3) is 0 Å². The van der Waals surface area contributed by atoms with Crippen LogP contribution in [-0.2, 0) is 19.2 Å². The second-order valence-corrected chi connectivity index (χ2v) is 8.37.